The van der Waals surface area contributed by atoms with Gasteiger partial charge in [0.25, 0.3) is 0 Å². The molecule has 0 heterocycles. The van der Waals surface area contributed by atoms with Crippen molar-refractivity contribution in [2.45, 2.75) is 57.8 Å². The van der Waals surface area contributed by atoms with Crippen LogP contribution in [0.25, 0.3) is 0 Å². The molecule has 0 aliphatic rings. The van der Waals surface area contributed by atoms with Crippen LogP contribution in [-0.4, -0.2) is 24.2 Å². The zero-order valence-electron chi connectivity index (χ0n) is 11.4. The van der Waals surface area contributed by atoms with Crippen molar-refractivity contribution < 1.29 is 9.90 Å². The molecule has 4 nitrogen and oxygen atoms in total. The summed E-state index contributed by atoms with van der Waals surface area (Å²) in [5, 5.41) is 8.54. The molecule has 0 radical (unpaired) electrons. The summed E-state index contributed by atoms with van der Waals surface area (Å²) in [6, 6.07) is 0. The van der Waals surface area contributed by atoms with Crippen molar-refractivity contribution in [2.75, 3.05) is 13.1 Å². The standard InChI is InChI=1S/C14H28N2O2/c15-11-5-4-8-13(9-6-12-16)7-2-1-3-10-14(17)18/h8H,1-7,9-12,15-16H2,(H,17,18)/b13-8-. The first kappa shape index (κ1) is 17.1. The lowest BCUT2D eigenvalue weighted by Gasteiger charge is -2.07. The van der Waals surface area contributed by atoms with Gasteiger partial charge in [0, 0.05) is 6.42 Å². The van der Waals surface area contributed by atoms with Crippen LogP contribution in [0.5, 0.6) is 0 Å². The van der Waals surface area contributed by atoms with Gasteiger partial charge >= 0.3 is 5.97 Å². The molecule has 5 N–H and O–H groups in total. The van der Waals surface area contributed by atoms with Crippen LogP contribution in [0.1, 0.15) is 57.8 Å². The molecular formula is C14H28N2O2. The number of carboxylic acid groups (broad SMARTS) is 1. The molecule has 0 aliphatic carbocycles. The van der Waals surface area contributed by atoms with Crippen LogP contribution in [0.3, 0.4) is 0 Å². The maximum atomic E-state index is 10.4. The van der Waals surface area contributed by atoms with Gasteiger partial charge in [0.1, 0.15) is 0 Å². The van der Waals surface area contributed by atoms with Crippen LogP contribution in [0.15, 0.2) is 11.6 Å². The zero-order valence-corrected chi connectivity index (χ0v) is 11.4. The lowest BCUT2D eigenvalue weighted by molar-refractivity contribution is -0.137. The Morgan fingerprint density at radius 3 is 2.11 bits per heavy atom. The van der Waals surface area contributed by atoms with E-state index >= 15 is 0 Å². The molecule has 0 atom stereocenters. The Morgan fingerprint density at radius 1 is 0.889 bits per heavy atom. The van der Waals surface area contributed by atoms with Crippen molar-refractivity contribution in [3.8, 4) is 0 Å². The highest BCUT2D eigenvalue weighted by atomic mass is 16.4. The van der Waals surface area contributed by atoms with E-state index in [9.17, 15) is 4.79 Å². The first-order valence-corrected chi connectivity index (χ1v) is 7.00. The predicted octanol–water partition coefficient (Wildman–Crippen LogP) is 2.43. The molecule has 4 heteroatoms. The Hall–Kier alpha value is -0.870. The number of unbranched alkanes of at least 4 members (excludes halogenated alkanes) is 3. The van der Waals surface area contributed by atoms with E-state index in [-0.39, 0.29) is 6.42 Å². The third kappa shape index (κ3) is 11.6. The third-order valence-corrected chi connectivity index (χ3v) is 2.93. The smallest absolute Gasteiger partial charge is 0.303 e. The van der Waals surface area contributed by atoms with Gasteiger partial charge in [0.2, 0.25) is 0 Å². The zero-order chi connectivity index (χ0) is 13.6. The van der Waals surface area contributed by atoms with E-state index < -0.39 is 5.97 Å². The topological polar surface area (TPSA) is 89.3 Å². The number of carboxylic acids is 1. The fourth-order valence-corrected chi connectivity index (χ4v) is 1.89. The quantitative estimate of drug-likeness (QED) is 0.369. The molecule has 0 fully saturated rings. The van der Waals surface area contributed by atoms with Gasteiger partial charge in [0.05, 0.1) is 0 Å². The molecule has 0 aliphatic heterocycles. The summed E-state index contributed by atoms with van der Waals surface area (Å²) in [5.74, 6) is -0.697. The van der Waals surface area contributed by atoms with Gasteiger partial charge in [0.15, 0.2) is 0 Å². The Bertz CT molecular complexity index is 240. The average molecular weight is 256 g/mol. The van der Waals surface area contributed by atoms with Crippen LogP contribution < -0.4 is 11.5 Å². The molecule has 106 valence electrons. The lowest BCUT2D eigenvalue weighted by atomic mass is 10.0. The van der Waals surface area contributed by atoms with Gasteiger partial charge in [-0.25, -0.2) is 0 Å². The fourth-order valence-electron chi connectivity index (χ4n) is 1.89. The maximum Gasteiger partial charge on any atom is 0.303 e. The highest BCUT2D eigenvalue weighted by Crippen LogP contribution is 2.16. The SMILES string of the molecule is NCCC/C=C(\CCCN)CCCCCC(=O)O. The number of hydrogen-bond acceptors (Lipinski definition) is 3. The molecular weight excluding hydrogens is 228 g/mol. The maximum absolute atomic E-state index is 10.4. The van der Waals surface area contributed by atoms with E-state index in [4.69, 9.17) is 16.6 Å². The second-order valence-electron chi connectivity index (χ2n) is 4.64. The van der Waals surface area contributed by atoms with E-state index in [2.05, 4.69) is 6.08 Å². The molecule has 0 aromatic rings. The Kier molecular flexibility index (Phi) is 12.0. The summed E-state index contributed by atoms with van der Waals surface area (Å²) in [7, 11) is 0. The van der Waals surface area contributed by atoms with Crippen molar-refractivity contribution in [1.29, 1.82) is 0 Å². The van der Waals surface area contributed by atoms with Crippen LogP contribution in [-0.2, 0) is 4.79 Å². The average Bonchev–Trinajstić information content (AvgIpc) is 2.34. The molecule has 0 aromatic carbocycles. The molecule has 0 bridgehead atoms. The molecule has 0 saturated heterocycles. The molecule has 0 spiro atoms. The minimum absolute atomic E-state index is 0.287. The number of allylic oxidation sites excluding steroid dienone is 2. The third-order valence-electron chi connectivity index (χ3n) is 2.93. The number of rotatable bonds is 12. The first-order chi connectivity index (χ1) is 8.70. The van der Waals surface area contributed by atoms with Gasteiger partial charge in [-0.05, 0) is 58.0 Å². The Labute approximate surface area is 110 Å². The van der Waals surface area contributed by atoms with E-state index in [1.54, 1.807) is 0 Å². The van der Waals surface area contributed by atoms with Gasteiger partial charge in [-0.1, -0.05) is 18.1 Å². The minimum atomic E-state index is -0.697. The van der Waals surface area contributed by atoms with Crippen molar-refractivity contribution in [3.05, 3.63) is 11.6 Å². The van der Waals surface area contributed by atoms with E-state index in [0.29, 0.717) is 0 Å². The van der Waals surface area contributed by atoms with Crippen LogP contribution in [0.4, 0.5) is 0 Å². The van der Waals surface area contributed by atoms with Gasteiger partial charge in [-0.15, -0.1) is 0 Å². The van der Waals surface area contributed by atoms with Crippen molar-refractivity contribution in [1.82, 2.24) is 0 Å². The van der Waals surface area contributed by atoms with Crippen LogP contribution >= 0.6 is 0 Å². The molecule has 0 saturated carbocycles. The Balaban J connectivity index is 3.77. The van der Waals surface area contributed by atoms with Crippen molar-refractivity contribution >= 4 is 5.97 Å². The predicted molar refractivity (Wildman–Crippen MR) is 75.4 cm³/mol. The van der Waals surface area contributed by atoms with E-state index in [0.717, 1.165) is 64.5 Å². The highest BCUT2D eigenvalue weighted by molar-refractivity contribution is 5.66. The lowest BCUT2D eigenvalue weighted by Crippen LogP contribution is -2.00. The summed E-state index contributed by atoms with van der Waals surface area (Å²) in [6.45, 7) is 1.46. The van der Waals surface area contributed by atoms with Crippen molar-refractivity contribution in [2.24, 2.45) is 11.5 Å². The molecule has 18 heavy (non-hydrogen) atoms. The first-order valence-electron chi connectivity index (χ1n) is 7.00. The van der Waals surface area contributed by atoms with Gasteiger partial charge in [-0.3, -0.25) is 4.79 Å². The normalized spacial score (nSPS) is 11.8. The summed E-state index contributed by atoms with van der Waals surface area (Å²) in [6.07, 6.45) is 10.7. The summed E-state index contributed by atoms with van der Waals surface area (Å²) in [5.41, 5.74) is 12.5. The summed E-state index contributed by atoms with van der Waals surface area (Å²) < 4.78 is 0. The molecule has 0 rings (SSSR count). The highest BCUT2D eigenvalue weighted by Gasteiger charge is 2.00. The minimum Gasteiger partial charge on any atom is -0.481 e. The van der Waals surface area contributed by atoms with Gasteiger partial charge in [-0.2, -0.15) is 0 Å². The molecule has 0 unspecified atom stereocenters. The monoisotopic (exact) mass is 256 g/mol. The molecule has 0 amide bonds. The second kappa shape index (κ2) is 12.6. The largest absolute Gasteiger partial charge is 0.481 e. The van der Waals surface area contributed by atoms with Gasteiger partial charge < -0.3 is 16.6 Å². The van der Waals surface area contributed by atoms with Crippen LogP contribution in [0, 0.1) is 0 Å². The number of nitrogens with two attached hydrogens (primary N) is 2. The van der Waals surface area contributed by atoms with E-state index in [1.807, 2.05) is 0 Å². The Morgan fingerprint density at radius 2 is 1.50 bits per heavy atom. The number of carbonyl (C=O) groups is 1. The summed E-state index contributed by atoms with van der Waals surface area (Å²) in [4.78, 5) is 10.4. The number of hydrogen-bond donors (Lipinski definition) is 3. The van der Waals surface area contributed by atoms with Crippen molar-refractivity contribution in [3.63, 3.8) is 0 Å². The van der Waals surface area contributed by atoms with E-state index in [1.165, 1.54) is 5.57 Å². The molecule has 0 aromatic heterocycles. The second-order valence-corrected chi connectivity index (χ2v) is 4.64. The fraction of sp³-hybridized carbons (Fsp3) is 0.786. The van der Waals surface area contributed by atoms with Crippen LogP contribution in [0.2, 0.25) is 0 Å². The number of aliphatic carboxylic acids is 1. The summed E-state index contributed by atoms with van der Waals surface area (Å²) >= 11 is 0.